The number of aromatic hydroxyl groups is 1. The average Bonchev–Trinajstić information content (AvgIpc) is 2.13. The van der Waals surface area contributed by atoms with Gasteiger partial charge in [0.05, 0.1) is 0 Å². The zero-order chi connectivity index (χ0) is 9.56. The molecule has 1 nitrogen and oxygen atoms in total. The van der Waals surface area contributed by atoms with E-state index in [4.69, 9.17) is 5.11 Å². The molecule has 0 fully saturated rings. The van der Waals surface area contributed by atoms with E-state index in [0.29, 0.717) is 0 Å². The van der Waals surface area contributed by atoms with Crippen LogP contribution in [0.2, 0.25) is 0 Å². The van der Waals surface area contributed by atoms with Gasteiger partial charge < -0.3 is 5.11 Å². The fourth-order valence-electron chi connectivity index (χ4n) is 0.778. The van der Waals surface area contributed by atoms with Crippen molar-refractivity contribution >= 4 is 0 Å². The molecule has 1 N–H and O–H groups in total. The van der Waals surface area contributed by atoms with E-state index in [1.807, 2.05) is 20.8 Å². The number of halogens is 1. The number of phenolic OH excluding ortho intramolecular Hbond substituents is 1. The normalized spacial score (nSPS) is 8.67. The first-order valence-corrected chi connectivity index (χ1v) is 4.21. The molecule has 0 aliphatic carbocycles. The molecule has 0 amide bonds. The van der Waals surface area contributed by atoms with Crippen LogP contribution >= 0.6 is 0 Å². The van der Waals surface area contributed by atoms with Crippen LogP contribution in [0, 0.1) is 5.82 Å². The SMILES string of the molecule is CC.CCc1ccc(F)c(O)c1. The molecular formula is C10H15FO. The molecule has 1 aromatic carbocycles. The van der Waals surface area contributed by atoms with Crippen LogP contribution in [0.5, 0.6) is 5.75 Å². The van der Waals surface area contributed by atoms with Crippen molar-refractivity contribution in [3.05, 3.63) is 29.6 Å². The maximum absolute atomic E-state index is 12.4. The standard InChI is InChI=1S/C8H9FO.C2H6/c1-2-6-3-4-7(9)8(10)5-6;1-2/h3-5,10H,2H2,1H3;1-2H3. The summed E-state index contributed by atoms with van der Waals surface area (Å²) >= 11 is 0. The van der Waals surface area contributed by atoms with Gasteiger partial charge in [0.2, 0.25) is 0 Å². The van der Waals surface area contributed by atoms with Gasteiger partial charge in [0, 0.05) is 0 Å². The predicted octanol–water partition coefficient (Wildman–Crippen LogP) is 3.12. The Bertz CT molecular complexity index is 233. The topological polar surface area (TPSA) is 20.2 Å². The Kier molecular flexibility index (Phi) is 5.09. The first-order valence-electron chi connectivity index (χ1n) is 4.21. The van der Waals surface area contributed by atoms with Crippen LogP contribution < -0.4 is 0 Å². The van der Waals surface area contributed by atoms with Gasteiger partial charge in [-0.05, 0) is 24.1 Å². The van der Waals surface area contributed by atoms with E-state index in [1.54, 1.807) is 6.07 Å². The highest BCUT2D eigenvalue weighted by Gasteiger charge is 1.98. The number of rotatable bonds is 1. The zero-order valence-electron chi connectivity index (χ0n) is 7.76. The molecule has 0 atom stereocenters. The molecule has 0 radical (unpaired) electrons. The van der Waals surface area contributed by atoms with Gasteiger partial charge in [0.1, 0.15) is 0 Å². The zero-order valence-corrected chi connectivity index (χ0v) is 7.76. The van der Waals surface area contributed by atoms with Crippen LogP contribution in [0.1, 0.15) is 26.3 Å². The second kappa shape index (κ2) is 5.58. The van der Waals surface area contributed by atoms with Crippen LogP contribution in [0.3, 0.4) is 0 Å². The molecule has 1 aromatic rings. The number of aryl methyl sites for hydroxylation is 1. The van der Waals surface area contributed by atoms with E-state index in [0.717, 1.165) is 12.0 Å². The third-order valence-corrected chi connectivity index (χ3v) is 1.42. The number of phenols is 1. The average molecular weight is 170 g/mol. The smallest absolute Gasteiger partial charge is 0.164 e. The van der Waals surface area contributed by atoms with Crippen LogP contribution in [-0.2, 0) is 6.42 Å². The van der Waals surface area contributed by atoms with Crippen molar-refractivity contribution in [1.82, 2.24) is 0 Å². The van der Waals surface area contributed by atoms with Gasteiger partial charge in [0.15, 0.2) is 11.6 Å². The Morgan fingerprint density at radius 1 is 1.33 bits per heavy atom. The second-order valence-corrected chi connectivity index (χ2v) is 2.14. The number of hydrogen-bond donors (Lipinski definition) is 1. The van der Waals surface area contributed by atoms with Crippen molar-refractivity contribution in [2.45, 2.75) is 27.2 Å². The molecule has 1 rings (SSSR count). The van der Waals surface area contributed by atoms with Gasteiger partial charge in [-0.15, -0.1) is 0 Å². The minimum absolute atomic E-state index is 0.264. The molecule has 0 aromatic heterocycles. The molecule has 0 saturated carbocycles. The van der Waals surface area contributed by atoms with Gasteiger partial charge in [-0.2, -0.15) is 0 Å². The first kappa shape index (κ1) is 11.0. The Balaban J connectivity index is 0.000000561. The summed E-state index contributed by atoms with van der Waals surface area (Å²) in [5.41, 5.74) is 0.943. The molecule has 0 aliphatic heterocycles. The monoisotopic (exact) mass is 170 g/mol. The Labute approximate surface area is 72.9 Å². The molecule has 68 valence electrons. The lowest BCUT2D eigenvalue weighted by Crippen LogP contribution is -1.81. The van der Waals surface area contributed by atoms with Crippen LogP contribution in [0.15, 0.2) is 18.2 Å². The Morgan fingerprint density at radius 3 is 2.33 bits per heavy atom. The third kappa shape index (κ3) is 2.91. The Morgan fingerprint density at radius 2 is 1.92 bits per heavy atom. The molecule has 0 heterocycles. The van der Waals surface area contributed by atoms with Gasteiger partial charge in [-0.1, -0.05) is 26.8 Å². The quantitative estimate of drug-likeness (QED) is 0.686. The summed E-state index contributed by atoms with van der Waals surface area (Å²) in [5.74, 6) is -0.823. The lowest BCUT2D eigenvalue weighted by atomic mass is 10.1. The van der Waals surface area contributed by atoms with Crippen molar-refractivity contribution in [2.24, 2.45) is 0 Å². The number of hydrogen-bond acceptors (Lipinski definition) is 1. The first-order chi connectivity index (χ1) is 5.74. The third-order valence-electron chi connectivity index (χ3n) is 1.42. The van der Waals surface area contributed by atoms with E-state index < -0.39 is 5.82 Å². The highest BCUT2D eigenvalue weighted by molar-refractivity contribution is 5.28. The van der Waals surface area contributed by atoms with Crippen LogP contribution in [0.4, 0.5) is 4.39 Å². The molecular weight excluding hydrogens is 155 g/mol. The predicted molar refractivity (Wildman–Crippen MR) is 48.8 cm³/mol. The van der Waals surface area contributed by atoms with E-state index in [9.17, 15) is 4.39 Å². The van der Waals surface area contributed by atoms with E-state index in [-0.39, 0.29) is 5.75 Å². The summed E-state index contributed by atoms with van der Waals surface area (Å²) in [5, 5.41) is 8.86. The summed E-state index contributed by atoms with van der Waals surface area (Å²) in [6.07, 6.45) is 0.813. The van der Waals surface area contributed by atoms with Gasteiger partial charge in [-0.25, -0.2) is 4.39 Å². The summed E-state index contributed by atoms with van der Waals surface area (Å²) in [4.78, 5) is 0. The summed E-state index contributed by atoms with van der Waals surface area (Å²) in [6.45, 7) is 5.95. The van der Waals surface area contributed by atoms with Crippen molar-refractivity contribution in [2.75, 3.05) is 0 Å². The lowest BCUT2D eigenvalue weighted by Gasteiger charge is -1.97. The second-order valence-electron chi connectivity index (χ2n) is 2.14. The van der Waals surface area contributed by atoms with Crippen molar-refractivity contribution < 1.29 is 9.50 Å². The molecule has 0 aliphatic rings. The molecule has 2 heteroatoms. The van der Waals surface area contributed by atoms with E-state index >= 15 is 0 Å². The molecule has 0 unspecified atom stereocenters. The maximum atomic E-state index is 12.4. The minimum Gasteiger partial charge on any atom is -0.505 e. The molecule has 12 heavy (non-hydrogen) atoms. The fraction of sp³-hybridized carbons (Fsp3) is 0.400. The van der Waals surface area contributed by atoms with Crippen molar-refractivity contribution in [3.8, 4) is 5.75 Å². The number of benzene rings is 1. The fourth-order valence-corrected chi connectivity index (χ4v) is 0.778. The molecule has 0 saturated heterocycles. The van der Waals surface area contributed by atoms with E-state index in [2.05, 4.69) is 0 Å². The highest BCUT2D eigenvalue weighted by Crippen LogP contribution is 2.16. The summed E-state index contributed by atoms with van der Waals surface area (Å²) in [7, 11) is 0. The summed E-state index contributed by atoms with van der Waals surface area (Å²) in [6, 6.07) is 4.37. The van der Waals surface area contributed by atoms with Crippen LogP contribution in [0.25, 0.3) is 0 Å². The van der Waals surface area contributed by atoms with Crippen molar-refractivity contribution in [1.29, 1.82) is 0 Å². The van der Waals surface area contributed by atoms with Gasteiger partial charge >= 0.3 is 0 Å². The highest BCUT2D eigenvalue weighted by atomic mass is 19.1. The van der Waals surface area contributed by atoms with Crippen LogP contribution in [-0.4, -0.2) is 5.11 Å². The van der Waals surface area contributed by atoms with Gasteiger partial charge in [0.25, 0.3) is 0 Å². The summed E-state index contributed by atoms with van der Waals surface area (Å²) < 4.78 is 12.4. The van der Waals surface area contributed by atoms with E-state index in [1.165, 1.54) is 12.1 Å². The largest absolute Gasteiger partial charge is 0.505 e. The molecule has 0 bridgehead atoms. The maximum Gasteiger partial charge on any atom is 0.164 e. The van der Waals surface area contributed by atoms with Crippen molar-refractivity contribution in [3.63, 3.8) is 0 Å². The van der Waals surface area contributed by atoms with Gasteiger partial charge in [-0.3, -0.25) is 0 Å². The lowest BCUT2D eigenvalue weighted by molar-refractivity contribution is 0.431. The molecule has 0 spiro atoms. The minimum atomic E-state index is -0.558. The Hall–Kier alpha value is -1.05.